The molecule has 0 bridgehead atoms. The second-order valence-electron chi connectivity index (χ2n) is 5.19. The first kappa shape index (κ1) is 17.8. The molecule has 0 saturated carbocycles. The molecule has 0 aliphatic heterocycles. The Bertz CT molecular complexity index is 330. The van der Waals surface area contributed by atoms with Crippen LogP contribution in [0.25, 0.3) is 0 Å². The summed E-state index contributed by atoms with van der Waals surface area (Å²) in [4.78, 5) is 0. The van der Waals surface area contributed by atoms with Crippen molar-refractivity contribution in [3.05, 3.63) is 23.8 Å². The van der Waals surface area contributed by atoms with E-state index < -0.39 is 0 Å². The van der Waals surface area contributed by atoms with E-state index in [1.54, 1.807) is 7.11 Å². The van der Waals surface area contributed by atoms with Gasteiger partial charge in [-0.05, 0) is 37.0 Å². The second-order valence-corrected chi connectivity index (χ2v) is 5.19. The highest BCUT2D eigenvalue weighted by Gasteiger charge is 2.04. The molecular formula is C17H30O2. The van der Waals surface area contributed by atoms with Gasteiger partial charge in [0.2, 0.25) is 0 Å². The summed E-state index contributed by atoms with van der Waals surface area (Å²) in [6.07, 6.45) is 3.71. The Labute approximate surface area is 119 Å². The maximum atomic E-state index is 5.67. The van der Waals surface area contributed by atoms with Crippen molar-refractivity contribution in [2.45, 2.75) is 53.9 Å². The Balaban J connectivity index is 0.000000711. The topological polar surface area (TPSA) is 18.5 Å². The van der Waals surface area contributed by atoms with Gasteiger partial charge in [-0.25, -0.2) is 0 Å². The first-order valence-electron chi connectivity index (χ1n) is 7.32. The summed E-state index contributed by atoms with van der Waals surface area (Å²) >= 11 is 0. The van der Waals surface area contributed by atoms with Crippen LogP contribution in [0.2, 0.25) is 0 Å². The average Bonchev–Trinajstić information content (AvgIpc) is 2.40. The van der Waals surface area contributed by atoms with Gasteiger partial charge in [0.25, 0.3) is 0 Å². The SMILES string of the molecule is CCCC.COc1cc(C)ccc1OCCC(C)C. The summed E-state index contributed by atoms with van der Waals surface area (Å²) in [6.45, 7) is 11.5. The standard InChI is InChI=1S/C13H20O2.C4H10/c1-10(2)7-8-15-12-6-5-11(3)9-13(12)14-4;1-3-4-2/h5-6,9-10H,7-8H2,1-4H3;3-4H2,1-2H3. The Kier molecular flexibility index (Phi) is 10.1. The highest BCUT2D eigenvalue weighted by Crippen LogP contribution is 2.27. The molecule has 0 spiro atoms. The van der Waals surface area contributed by atoms with Crippen LogP contribution in [0.3, 0.4) is 0 Å². The molecule has 0 unspecified atom stereocenters. The van der Waals surface area contributed by atoms with Gasteiger partial charge in [-0.15, -0.1) is 0 Å². The lowest BCUT2D eigenvalue weighted by molar-refractivity contribution is 0.273. The predicted octanol–water partition coefficient (Wildman–Crippen LogP) is 5.23. The van der Waals surface area contributed by atoms with Crippen LogP contribution in [0.4, 0.5) is 0 Å². The van der Waals surface area contributed by atoms with E-state index in [9.17, 15) is 0 Å². The zero-order valence-corrected chi connectivity index (χ0v) is 13.5. The van der Waals surface area contributed by atoms with Crippen molar-refractivity contribution < 1.29 is 9.47 Å². The second kappa shape index (κ2) is 10.7. The molecule has 0 amide bonds. The molecule has 0 atom stereocenters. The van der Waals surface area contributed by atoms with E-state index >= 15 is 0 Å². The van der Waals surface area contributed by atoms with Gasteiger partial charge >= 0.3 is 0 Å². The summed E-state index contributed by atoms with van der Waals surface area (Å²) < 4.78 is 10.9. The molecule has 0 aromatic heterocycles. The smallest absolute Gasteiger partial charge is 0.161 e. The Morgan fingerprint density at radius 3 is 2.16 bits per heavy atom. The van der Waals surface area contributed by atoms with Gasteiger partial charge < -0.3 is 9.47 Å². The van der Waals surface area contributed by atoms with Crippen LogP contribution >= 0.6 is 0 Å². The number of unbranched alkanes of at least 4 members (excludes halogenated alkanes) is 1. The zero-order valence-electron chi connectivity index (χ0n) is 13.5. The van der Waals surface area contributed by atoms with E-state index in [4.69, 9.17) is 9.47 Å². The molecule has 0 heterocycles. The maximum Gasteiger partial charge on any atom is 0.161 e. The average molecular weight is 266 g/mol. The minimum Gasteiger partial charge on any atom is -0.493 e. The van der Waals surface area contributed by atoms with Crippen LogP contribution in [-0.2, 0) is 0 Å². The summed E-state index contributed by atoms with van der Waals surface area (Å²) in [5.74, 6) is 2.32. The number of rotatable bonds is 6. The molecule has 1 rings (SSSR count). The molecule has 0 aliphatic carbocycles. The number of aryl methyl sites for hydroxylation is 1. The molecule has 0 N–H and O–H groups in total. The molecule has 1 aromatic rings. The summed E-state index contributed by atoms with van der Waals surface area (Å²) in [7, 11) is 1.67. The third-order valence-corrected chi connectivity index (χ3v) is 2.77. The molecule has 19 heavy (non-hydrogen) atoms. The summed E-state index contributed by atoms with van der Waals surface area (Å²) in [6, 6.07) is 5.99. The highest BCUT2D eigenvalue weighted by atomic mass is 16.5. The van der Waals surface area contributed by atoms with E-state index in [1.807, 2.05) is 25.1 Å². The zero-order chi connectivity index (χ0) is 14.7. The van der Waals surface area contributed by atoms with Crippen molar-refractivity contribution in [3.63, 3.8) is 0 Å². The lowest BCUT2D eigenvalue weighted by Gasteiger charge is -2.12. The van der Waals surface area contributed by atoms with Gasteiger partial charge in [-0.2, -0.15) is 0 Å². The van der Waals surface area contributed by atoms with E-state index in [-0.39, 0.29) is 0 Å². The fourth-order valence-electron chi connectivity index (χ4n) is 1.30. The molecule has 0 saturated heterocycles. The first-order chi connectivity index (χ1) is 9.04. The van der Waals surface area contributed by atoms with E-state index in [1.165, 1.54) is 18.4 Å². The number of ether oxygens (including phenoxy) is 2. The van der Waals surface area contributed by atoms with Gasteiger partial charge in [-0.3, -0.25) is 0 Å². The first-order valence-corrected chi connectivity index (χ1v) is 7.32. The van der Waals surface area contributed by atoms with Gasteiger partial charge in [0, 0.05) is 0 Å². The molecule has 0 radical (unpaired) electrons. The van der Waals surface area contributed by atoms with E-state index in [2.05, 4.69) is 27.7 Å². The molecule has 2 nitrogen and oxygen atoms in total. The van der Waals surface area contributed by atoms with Crippen molar-refractivity contribution >= 4 is 0 Å². The predicted molar refractivity (Wildman–Crippen MR) is 83.3 cm³/mol. The molecule has 110 valence electrons. The quantitative estimate of drug-likeness (QED) is 0.701. The van der Waals surface area contributed by atoms with Crippen LogP contribution in [-0.4, -0.2) is 13.7 Å². The normalized spacial score (nSPS) is 9.84. The molecule has 2 heteroatoms. The third kappa shape index (κ3) is 8.52. The molecule has 0 aliphatic rings. The molecule has 1 aromatic carbocycles. The van der Waals surface area contributed by atoms with Crippen LogP contribution in [0.15, 0.2) is 18.2 Å². The van der Waals surface area contributed by atoms with Gasteiger partial charge in [-0.1, -0.05) is 46.6 Å². The highest BCUT2D eigenvalue weighted by molar-refractivity contribution is 5.42. The summed E-state index contributed by atoms with van der Waals surface area (Å²) in [5, 5.41) is 0. The van der Waals surface area contributed by atoms with Crippen molar-refractivity contribution in [1.29, 1.82) is 0 Å². The number of hydrogen-bond acceptors (Lipinski definition) is 2. The number of methoxy groups -OCH3 is 1. The van der Waals surface area contributed by atoms with Crippen molar-refractivity contribution in [2.75, 3.05) is 13.7 Å². The number of hydrogen-bond donors (Lipinski definition) is 0. The monoisotopic (exact) mass is 266 g/mol. The van der Waals surface area contributed by atoms with Crippen molar-refractivity contribution in [1.82, 2.24) is 0 Å². The maximum absolute atomic E-state index is 5.67. The minimum absolute atomic E-state index is 0.668. The lowest BCUT2D eigenvalue weighted by atomic mass is 10.1. The van der Waals surface area contributed by atoms with Gasteiger partial charge in [0.1, 0.15) is 0 Å². The fourth-order valence-corrected chi connectivity index (χ4v) is 1.30. The Morgan fingerprint density at radius 1 is 1.05 bits per heavy atom. The van der Waals surface area contributed by atoms with E-state index in [0.717, 1.165) is 24.5 Å². The van der Waals surface area contributed by atoms with Gasteiger partial charge in [0.15, 0.2) is 11.5 Å². The van der Waals surface area contributed by atoms with Crippen LogP contribution in [0.5, 0.6) is 11.5 Å². The Hall–Kier alpha value is -1.18. The largest absolute Gasteiger partial charge is 0.493 e. The van der Waals surface area contributed by atoms with E-state index in [0.29, 0.717) is 5.92 Å². The lowest BCUT2D eigenvalue weighted by Crippen LogP contribution is -2.02. The van der Waals surface area contributed by atoms with Crippen LogP contribution in [0.1, 0.15) is 52.5 Å². The van der Waals surface area contributed by atoms with Crippen LogP contribution in [0, 0.1) is 12.8 Å². The minimum atomic E-state index is 0.668. The van der Waals surface area contributed by atoms with Crippen LogP contribution < -0.4 is 9.47 Å². The molecular weight excluding hydrogens is 236 g/mol. The van der Waals surface area contributed by atoms with Gasteiger partial charge in [0.05, 0.1) is 13.7 Å². The summed E-state index contributed by atoms with van der Waals surface area (Å²) in [5.41, 5.74) is 1.18. The van der Waals surface area contributed by atoms with Crippen molar-refractivity contribution in [2.24, 2.45) is 5.92 Å². The number of benzene rings is 1. The fraction of sp³-hybridized carbons (Fsp3) is 0.647. The molecule has 0 fully saturated rings. The van der Waals surface area contributed by atoms with Crippen molar-refractivity contribution in [3.8, 4) is 11.5 Å². The third-order valence-electron chi connectivity index (χ3n) is 2.77. The Morgan fingerprint density at radius 2 is 1.68 bits per heavy atom.